The Hall–Kier alpha value is -1.70. The molecular weight excluding hydrogens is 226 g/mol. The van der Waals surface area contributed by atoms with E-state index in [-0.39, 0.29) is 12.4 Å². The van der Waals surface area contributed by atoms with Crippen LogP contribution in [-0.2, 0) is 4.74 Å². The van der Waals surface area contributed by atoms with E-state index in [2.05, 4.69) is 4.98 Å². The minimum atomic E-state index is -0.881. The molecule has 17 heavy (non-hydrogen) atoms. The standard InChI is InChI=1S/C10H13N3O4/c11-8-3-4-13(10(16)12-8)9-2-1-6(15)7(5-14)17-9/h1-4,6-7,9,14-15H,5H2,(H2,11,12,16)/t6-,7+,9-/m0/s1. The summed E-state index contributed by atoms with van der Waals surface area (Å²) in [6, 6.07) is 1.47. The van der Waals surface area contributed by atoms with Crippen molar-refractivity contribution in [3.8, 4) is 0 Å². The number of nitrogens with two attached hydrogens (primary N) is 1. The van der Waals surface area contributed by atoms with E-state index in [0.29, 0.717) is 0 Å². The van der Waals surface area contributed by atoms with Crippen molar-refractivity contribution in [2.75, 3.05) is 12.3 Å². The molecule has 0 aromatic carbocycles. The third-order valence-corrected chi connectivity index (χ3v) is 2.47. The molecule has 0 amide bonds. The lowest BCUT2D eigenvalue weighted by Gasteiger charge is -2.28. The zero-order valence-electron chi connectivity index (χ0n) is 8.93. The Morgan fingerprint density at radius 3 is 2.94 bits per heavy atom. The summed E-state index contributed by atoms with van der Waals surface area (Å²) in [6.45, 7) is -0.334. The SMILES string of the molecule is Nc1ccn([C@@H]2C=C[C@H](O)[C@@H](CO)O2)c(=O)n1. The fourth-order valence-corrected chi connectivity index (χ4v) is 1.57. The predicted octanol–water partition coefficient (Wildman–Crippen LogP) is -1.37. The van der Waals surface area contributed by atoms with Gasteiger partial charge < -0.3 is 20.7 Å². The van der Waals surface area contributed by atoms with Crippen LogP contribution >= 0.6 is 0 Å². The number of anilines is 1. The van der Waals surface area contributed by atoms with Crippen LogP contribution < -0.4 is 11.4 Å². The lowest BCUT2D eigenvalue weighted by atomic mass is 10.1. The second-order valence-electron chi connectivity index (χ2n) is 3.67. The smallest absolute Gasteiger partial charge is 0.351 e. The lowest BCUT2D eigenvalue weighted by Crippen LogP contribution is -2.39. The van der Waals surface area contributed by atoms with Crippen molar-refractivity contribution < 1.29 is 14.9 Å². The number of aliphatic hydroxyl groups excluding tert-OH is 2. The van der Waals surface area contributed by atoms with Crippen molar-refractivity contribution in [3.63, 3.8) is 0 Å². The third kappa shape index (κ3) is 2.36. The summed E-state index contributed by atoms with van der Waals surface area (Å²) in [5.41, 5.74) is 4.82. The van der Waals surface area contributed by atoms with Gasteiger partial charge in [-0.2, -0.15) is 4.98 Å². The highest BCUT2D eigenvalue weighted by Gasteiger charge is 2.26. The van der Waals surface area contributed by atoms with Crippen LogP contribution in [0, 0.1) is 0 Å². The first-order chi connectivity index (χ1) is 8.11. The Kier molecular flexibility index (Phi) is 3.23. The molecule has 0 aliphatic carbocycles. The van der Waals surface area contributed by atoms with Crippen molar-refractivity contribution in [1.29, 1.82) is 0 Å². The molecule has 2 heterocycles. The van der Waals surface area contributed by atoms with E-state index in [0.717, 1.165) is 0 Å². The molecule has 0 fully saturated rings. The summed E-state index contributed by atoms with van der Waals surface area (Å²) in [7, 11) is 0. The summed E-state index contributed by atoms with van der Waals surface area (Å²) in [5.74, 6) is 0.129. The summed E-state index contributed by atoms with van der Waals surface area (Å²) < 4.78 is 6.57. The van der Waals surface area contributed by atoms with Crippen LogP contribution in [0.4, 0.5) is 5.82 Å². The van der Waals surface area contributed by atoms with Gasteiger partial charge in [-0.1, -0.05) is 6.08 Å². The number of rotatable bonds is 2. The summed E-state index contributed by atoms with van der Waals surface area (Å²) in [4.78, 5) is 15.1. The van der Waals surface area contributed by atoms with Gasteiger partial charge in [0.05, 0.1) is 6.61 Å². The van der Waals surface area contributed by atoms with E-state index in [1.807, 2.05) is 0 Å². The zero-order chi connectivity index (χ0) is 12.4. The average molecular weight is 239 g/mol. The van der Waals surface area contributed by atoms with Gasteiger partial charge in [0.25, 0.3) is 0 Å². The highest BCUT2D eigenvalue weighted by Crippen LogP contribution is 2.19. The van der Waals surface area contributed by atoms with Gasteiger partial charge in [0.2, 0.25) is 0 Å². The Morgan fingerprint density at radius 2 is 2.29 bits per heavy atom. The third-order valence-electron chi connectivity index (χ3n) is 2.47. The van der Waals surface area contributed by atoms with Crippen LogP contribution in [0.25, 0.3) is 0 Å². The van der Waals surface area contributed by atoms with Crippen LogP contribution in [-0.4, -0.2) is 38.6 Å². The highest BCUT2D eigenvalue weighted by atomic mass is 16.5. The minimum Gasteiger partial charge on any atom is -0.394 e. The van der Waals surface area contributed by atoms with E-state index in [1.54, 1.807) is 0 Å². The van der Waals surface area contributed by atoms with Gasteiger partial charge in [0.15, 0.2) is 6.23 Å². The summed E-state index contributed by atoms with van der Waals surface area (Å²) in [5, 5.41) is 18.4. The summed E-state index contributed by atoms with van der Waals surface area (Å²) in [6.07, 6.45) is 2.11. The lowest BCUT2D eigenvalue weighted by molar-refractivity contribution is -0.104. The molecule has 0 saturated heterocycles. The number of nitrogens with zero attached hydrogens (tertiary/aromatic N) is 2. The first-order valence-corrected chi connectivity index (χ1v) is 5.09. The van der Waals surface area contributed by atoms with E-state index < -0.39 is 24.1 Å². The second kappa shape index (κ2) is 4.66. The van der Waals surface area contributed by atoms with Gasteiger partial charge in [-0.3, -0.25) is 4.57 Å². The molecule has 7 heteroatoms. The van der Waals surface area contributed by atoms with Crippen LogP contribution in [0.2, 0.25) is 0 Å². The number of ether oxygens (including phenoxy) is 1. The maximum atomic E-state index is 11.5. The summed E-state index contributed by atoms with van der Waals surface area (Å²) >= 11 is 0. The van der Waals surface area contributed by atoms with Crippen molar-refractivity contribution >= 4 is 5.82 Å². The zero-order valence-corrected chi connectivity index (χ0v) is 8.93. The number of nitrogen functional groups attached to an aromatic ring is 1. The first-order valence-electron chi connectivity index (χ1n) is 5.09. The molecule has 1 aliphatic rings. The van der Waals surface area contributed by atoms with E-state index >= 15 is 0 Å². The van der Waals surface area contributed by atoms with Crippen LogP contribution in [0.5, 0.6) is 0 Å². The van der Waals surface area contributed by atoms with Gasteiger partial charge in [-0.15, -0.1) is 0 Å². The Balaban J connectivity index is 2.29. The molecule has 0 saturated carbocycles. The number of hydrogen-bond acceptors (Lipinski definition) is 6. The van der Waals surface area contributed by atoms with Crippen LogP contribution in [0.3, 0.4) is 0 Å². The molecule has 0 radical (unpaired) electrons. The fraction of sp³-hybridized carbons (Fsp3) is 0.400. The molecule has 4 N–H and O–H groups in total. The largest absolute Gasteiger partial charge is 0.394 e. The van der Waals surface area contributed by atoms with E-state index in [4.69, 9.17) is 15.6 Å². The monoisotopic (exact) mass is 239 g/mol. The molecular formula is C10H13N3O4. The van der Waals surface area contributed by atoms with E-state index in [9.17, 15) is 9.90 Å². The Labute approximate surface area is 96.8 Å². The molecule has 92 valence electrons. The minimum absolute atomic E-state index is 0.129. The molecule has 3 atom stereocenters. The molecule has 7 nitrogen and oxygen atoms in total. The van der Waals surface area contributed by atoms with Crippen LogP contribution in [0.1, 0.15) is 6.23 Å². The Bertz CT molecular complexity index is 485. The maximum Gasteiger partial charge on any atom is 0.351 e. The average Bonchev–Trinajstić information content (AvgIpc) is 2.30. The van der Waals surface area contributed by atoms with Gasteiger partial charge >= 0.3 is 5.69 Å². The topological polar surface area (TPSA) is 111 Å². The van der Waals surface area contributed by atoms with Gasteiger partial charge in [-0.05, 0) is 12.1 Å². The molecule has 0 spiro atoms. The number of aromatic nitrogens is 2. The van der Waals surface area contributed by atoms with Crippen LogP contribution in [0.15, 0.2) is 29.2 Å². The number of aliphatic hydroxyl groups is 2. The van der Waals surface area contributed by atoms with Gasteiger partial charge in [-0.25, -0.2) is 4.79 Å². The predicted molar refractivity (Wildman–Crippen MR) is 59.1 cm³/mol. The van der Waals surface area contributed by atoms with Gasteiger partial charge in [0.1, 0.15) is 18.0 Å². The van der Waals surface area contributed by atoms with E-state index in [1.165, 1.54) is 29.0 Å². The Morgan fingerprint density at radius 1 is 1.53 bits per heavy atom. The fourth-order valence-electron chi connectivity index (χ4n) is 1.57. The molecule has 2 rings (SSSR count). The molecule has 1 aromatic rings. The first kappa shape index (κ1) is 11.8. The number of hydrogen-bond donors (Lipinski definition) is 3. The van der Waals surface area contributed by atoms with Crippen molar-refractivity contribution in [2.45, 2.75) is 18.4 Å². The molecule has 0 unspecified atom stereocenters. The highest BCUT2D eigenvalue weighted by molar-refractivity contribution is 5.23. The molecule has 1 aliphatic heterocycles. The van der Waals surface area contributed by atoms with Crippen molar-refractivity contribution in [2.24, 2.45) is 0 Å². The maximum absolute atomic E-state index is 11.5. The van der Waals surface area contributed by atoms with Crippen molar-refractivity contribution in [1.82, 2.24) is 9.55 Å². The van der Waals surface area contributed by atoms with Gasteiger partial charge in [0, 0.05) is 6.20 Å². The van der Waals surface area contributed by atoms with Crippen molar-refractivity contribution in [3.05, 3.63) is 34.9 Å². The quantitative estimate of drug-likeness (QED) is 0.549. The molecule has 0 bridgehead atoms. The normalized spacial score (nSPS) is 28.2. The molecule has 1 aromatic heterocycles. The second-order valence-corrected chi connectivity index (χ2v) is 3.67.